The third-order valence-corrected chi connectivity index (χ3v) is 2.47. The lowest BCUT2D eigenvalue weighted by atomic mass is 10.1. The number of rotatable bonds is 5. The van der Waals surface area contributed by atoms with E-state index in [1.807, 2.05) is 19.1 Å². The van der Waals surface area contributed by atoms with Crippen LogP contribution in [0.25, 0.3) is 0 Å². The number of phenols is 1. The summed E-state index contributed by atoms with van der Waals surface area (Å²) in [5.74, 6) is -0.0428. The van der Waals surface area contributed by atoms with Gasteiger partial charge in [0, 0.05) is 12.1 Å². The van der Waals surface area contributed by atoms with Crippen LogP contribution >= 0.6 is 0 Å². The summed E-state index contributed by atoms with van der Waals surface area (Å²) >= 11 is 0. The Bertz CT molecular complexity index is 390. The summed E-state index contributed by atoms with van der Waals surface area (Å²) in [5.41, 5.74) is 1.85. The van der Waals surface area contributed by atoms with Gasteiger partial charge in [0.15, 0.2) is 0 Å². The molecule has 0 aliphatic rings. The third-order valence-electron chi connectivity index (χ3n) is 2.47. The van der Waals surface area contributed by atoms with Crippen LogP contribution in [0.4, 0.5) is 0 Å². The first kappa shape index (κ1) is 13.5. The van der Waals surface area contributed by atoms with Crippen molar-refractivity contribution in [2.75, 3.05) is 6.61 Å². The highest BCUT2D eigenvalue weighted by Crippen LogP contribution is 2.17. The second kappa shape index (κ2) is 6.25. The van der Waals surface area contributed by atoms with E-state index in [4.69, 9.17) is 4.74 Å². The minimum Gasteiger partial charge on any atom is -0.508 e. The molecular weight excluding hydrogens is 218 g/mol. The molecule has 0 aliphatic carbocycles. The van der Waals surface area contributed by atoms with Gasteiger partial charge in [0.05, 0.1) is 6.61 Å². The van der Waals surface area contributed by atoms with Crippen molar-refractivity contribution < 1.29 is 14.6 Å². The highest BCUT2D eigenvalue weighted by molar-refractivity contribution is 5.75. The van der Waals surface area contributed by atoms with E-state index in [1.54, 1.807) is 19.9 Å². The average molecular weight is 237 g/mol. The first-order valence-electron chi connectivity index (χ1n) is 5.73. The maximum atomic E-state index is 11.4. The van der Waals surface area contributed by atoms with E-state index in [0.29, 0.717) is 13.2 Å². The fourth-order valence-electron chi connectivity index (χ4n) is 1.47. The minimum absolute atomic E-state index is 0.235. The standard InChI is InChI=1S/C13H19NO3/c1-4-17-13(16)10(3)14-8-11-7-9(2)5-6-12(11)15/h5-7,10,14-15H,4,8H2,1-3H3. The average Bonchev–Trinajstić information content (AvgIpc) is 2.30. The van der Waals surface area contributed by atoms with E-state index in [0.717, 1.165) is 11.1 Å². The first-order valence-corrected chi connectivity index (χ1v) is 5.73. The Morgan fingerprint density at radius 3 is 2.88 bits per heavy atom. The fourth-order valence-corrected chi connectivity index (χ4v) is 1.47. The number of carbonyl (C=O) groups excluding carboxylic acids is 1. The Labute approximate surface area is 102 Å². The first-order chi connectivity index (χ1) is 8.04. The van der Waals surface area contributed by atoms with E-state index in [-0.39, 0.29) is 17.8 Å². The number of aromatic hydroxyl groups is 1. The van der Waals surface area contributed by atoms with Crippen LogP contribution in [0.3, 0.4) is 0 Å². The van der Waals surface area contributed by atoms with Gasteiger partial charge in [-0.05, 0) is 26.8 Å². The van der Waals surface area contributed by atoms with Crippen molar-refractivity contribution >= 4 is 5.97 Å². The number of carbonyl (C=O) groups is 1. The van der Waals surface area contributed by atoms with Gasteiger partial charge in [-0.3, -0.25) is 4.79 Å². The molecule has 0 fully saturated rings. The van der Waals surface area contributed by atoms with Gasteiger partial charge >= 0.3 is 5.97 Å². The zero-order valence-electron chi connectivity index (χ0n) is 10.5. The quantitative estimate of drug-likeness (QED) is 0.766. The zero-order chi connectivity index (χ0) is 12.8. The molecule has 0 bridgehead atoms. The van der Waals surface area contributed by atoms with Crippen molar-refractivity contribution in [1.82, 2.24) is 5.32 Å². The Kier molecular flexibility index (Phi) is 4.97. The van der Waals surface area contributed by atoms with Crippen molar-refractivity contribution in [3.05, 3.63) is 29.3 Å². The number of phenolic OH excluding ortho intramolecular Hbond substituents is 1. The molecule has 0 heterocycles. The van der Waals surface area contributed by atoms with Crippen molar-refractivity contribution in [3.63, 3.8) is 0 Å². The lowest BCUT2D eigenvalue weighted by Gasteiger charge is -2.13. The van der Waals surface area contributed by atoms with E-state index >= 15 is 0 Å². The van der Waals surface area contributed by atoms with Gasteiger partial charge in [-0.1, -0.05) is 17.7 Å². The summed E-state index contributed by atoms with van der Waals surface area (Å²) < 4.78 is 4.88. The molecule has 4 heteroatoms. The number of hydrogen-bond acceptors (Lipinski definition) is 4. The molecular formula is C13H19NO3. The van der Waals surface area contributed by atoms with Crippen LogP contribution in [-0.4, -0.2) is 23.7 Å². The largest absolute Gasteiger partial charge is 0.508 e. The van der Waals surface area contributed by atoms with Crippen LogP contribution in [0.5, 0.6) is 5.75 Å². The summed E-state index contributed by atoms with van der Waals surface area (Å²) in [4.78, 5) is 11.4. The fraction of sp³-hybridized carbons (Fsp3) is 0.462. The van der Waals surface area contributed by atoms with Crippen molar-refractivity contribution in [3.8, 4) is 5.75 Å². The van der Waals surface area contributed by atoms with Gasteiger partial charge in [-0.15, -0.1) is 0 Å². The molecule has 1 unspecified atom stereocenters. The molecule has 0 aliphatic heterocycles. The smallest absolute Gasteiger partial charge is 0.322 e. The molecule has 0 aromatic heterocycles. The maximum absolute atomic E-state index is 11.4. The van der Waals surface area contributed by atoms with Crippen LogP contribution < -0.4 is 5.32 Å². The van der Waals surface area contributed by atoms with Crippen LogP contribution in [-0.2, 0) is 16.1 Å². The number of esters is 1. The number of aryl methyl sites for hydroxylation is 1. The second-order valence-electron chi connectivity index (χ2n) is 3.99. The molecule has 1 aromatic carbocycles. The lowest BCUT2D eigenvalue weighted by molar-refractivity contribution is -0.145. The van der Waals surface area contributed by atoms with Crippen LogP contribution in [0.2, 0.25) is 0 Å². The third kappa shape index (κ3) is 4.07. The molecule has 2 N–H and O–H groups in total. The van der Waals surface area contributed by atoms with Crippen molar-refractivity contribution in [1.29, 1.82) is 0 Å². The number of benzene rings is 1. The number of hydrogen-bond donors (Lipinski definition) is 2. The molecule has 0 saturated carbocycles. The van der Waals surface area contributed by atoms with Crippen LogP contribution in [0, 0.1) is 6.92 Å². The molecule has 1 rings (SSSR count). The Morgan fingerprint density at radius 1 is 1.53 bits per heavy atom. The number of ether oxygens (including phenoxy) is 1. The van der Waals surface area contributed by atoms with E-state index in [9.17, 15) is 9.90 Å². The van der Waals surface area contributed by atoms with E-state index in [1.165, 1.54) is 0 Å². The summed E-state index contributed by atoms with van der Waals surface area (Å²) in [6, 6.07) is 5.00. The Hall–Kier alpha value is -1.55. The molecule has 0 amide bonds. The highest BCUT2D eigenvalue weighted by atomic mass is 16.5. The molecule has 4 nitrogen and oxygen atoms in total. The van der Waals surface area contributed by atoms with Crippen molar-refractivity contribution in [2.45, 2.75) is 33.4 Å². The lowest BCUT2D eigenvalue weighted by Crippen LogP contribution is -2.34. The van der Waals surface area contributed by atoms with Crippen LogP contribution in [0.15, 0.2) is 18.2 Å². The molecule has 1 atom stereocenters. The summed E-state index contributed by atoms with van der Waals surface area (Å²) in [6.07, 6.45) is 0. The van der Waals surface area contributed by atoms with Gasteiger partial charge in [0.25, 0.3) is 0 Å². The van der Waals surface area contributed by atoms with E-state index in [2.05, 4.69) is 5.32 Å². The Balaban J connectivity index is 2.55. The second-order valence-corrected chi connectivity index (χ2v) is 3.99. The minimum atomic E-state index is -0.380. The van der Waals surface area contributed by atoms with Crippen LogP contribution in [0.1, 0.15) is 25.0 Å². The predicted octanol–water partition coefficient (Wildman–Crippen LogP) is 1.74. The summed E-state index contributed by atoms with van der Waals surface area (Å²) in [6.45, 7) is 6.29. The van der Waals surface area contributed by atoms with Gasteiger partial charge < -0.3 is 15.2 Å². The van der Waals surface area contributed by atoms with Gasteiger partial charge in [-0.25, -0.2) is 0 Å². The van der Waals surface area contributed by atoms with Gasteiger partial charge in [0.2, 0.25) is 0 Å². The molecule has 17 heavy (non-hydrogen) atoms. The van der Waals surface area contributed by atoms with E-state index < -0.39 is 0 Å². The number of nitrogens with one attached hydrogen (secondary N) is 1. The zero-order valence-corrected chi connectivity index (χ0v) is 10.5. The summed E-state index contributed by atoms with van der Waals surface area (Å²) in [5, 5.41) is 12.7. The molecule has 1 aromatic rings. The predicted molar refractivity (Wildman–Crippen MR) is 65.8 cm³/mol. The monoisotopic (exact) mass is 237 g/mol. The summed E-state index contributed by atoms with van der Waals surface area (Å²) in [7, 11) is 0. The molecule has 0 radical (unpaired) electrons. The molecule has 0 saturated heterocycles. The molecule has 0 spiro atoms. The maximum Gasteiger partial charge on any atom is 0.322 e. The Morgan fingerprint density at radius 2 is 2.24 bits per heavy atom. The highest BCUT2D eigenvalue weighted by Gasteiger charge is 2.13. The normalized spacial score (nSPS) is 12.2. The molecule has 94 valence electrons. The van der Waals surface area contributed by atoms with Gasteiger partial charge in [-0.2, -0.15) is 0 Å². The SMILES string of the molecule is CCOC(=O)C(C)NCc1cc(C)ccc1O. The van der Waals surface area contributed by atoms with Gasteiger partial charge in [0.1, 0.15) is 11.8 Å². The van der Waals surface area contributed by atoms with Crippen molar-refractivity contribution in [2.24, 2.45) is 0 Å². The topological polar surface area (TPSA) is 58.6 Å².